The number of rotatable bonds is 10. The van der Waals surface area contributed by atoms with Gasteiger partial charge in [0.25, 0.3) is 5.91 Å². The Morgan fingerprint density at radius 3 is 2.53 bits per heavy atom. The number of carbonyl (C=O) groups excluding carboxylic acids is 2. The molecule has 0 atom stereocenters. The summed E-state index contributed by atoms with van der Waals surface area (Å²) in [5, 5.41) is 2.88. The van der Waals surface area contributed by atoms with Gasteiger partial charge in [-0.1, -0.05) is 48.6 Å². The lowest BCUT2D eigenvalue weighted by Crippen LogP contribution is -2.29. The Labute approximate surface area is 198 Å². The minimum atomic E-state index is -0.0633. The predicted molar refractivity (Wildman–Crippen MR) is 133 cm³/mol. The number of ether oxygens (including phenoxy) is 2. The van der Waals surface area contributed by atoms with E-state index < -0.39 is 0 Å². The number of methoxy groups -OCH3 is 2. The maximum Gasteiger partial charge on any atom is 0.266 e. The molecule has 0 radical (unpaired) electrons. The average Bonchev–Trinajstić information content (AvgIpc) is 3.06. The van der Waals surface area contributed by atoms with E-state index in [1.54, 1.807) is 25.2 Å². The van der Waals surface area contributed by atoms with E-state index in [1.807, 2.05) is 48.5 Å². The third kappa shape index (κ3) is 6.58. The highest BCUT2D eigenvalue weighted by Gasteiger charge is 2.31. The highest BCUT2D eigenvalue weighted by atomic mass is 32.2. The van der Waals surface area contributed by atoms with Crippen molar-refractivity contribution in [2.75, 3.05) is 26.1 Å². The molecule has 1 aliphatic heterocycles. The first kappa shape index (κ1) is 23.8. The molecule has 0 saturated carbocycles. The van der Waals surface area contributed by atoms with E-state index >= 15 is 0 Å². The highest BCUT2D eigenvalue weighted by molar-refractivity contribution is 8.26. The van der Waals surface area contributed by atoms with E-state index in [1.165, 1.54) is 11.8 Å². The maximum absolute atomic E-state index is 12.7. The zero-order chi connectivity index (χ0) is 22.9. The summed E-state index contributed by atoms with van der Waals surface area (Å²) in [6, 6.07) is 14.8. The van der Waals surface area contributed by atoms with Crippen molar-refractivity contribution in [3.8, 4) is 11.5 Å². The SMILES string of the molecule is COc1ccc(/C=C2\SC(=S)N(CCCCCC(=O)Nc3cccc(OC)c3)C2=O)cc1. The Kier molecular flexibility index (Phi) is 8.70. The number of benzene rings is 2. The van der Waals surface area contributed by atoms with Crippen LogP contribution in [0.3, 0.4) is 0 Å². The number of unbranched alkanes of at least 4 members (excludes halogenated alkanes) is 2. The van der Waals surface area contributed by atoms with Crippen LogP contribution in [0.25, 0.3) is 6.08 Å². The van der Waals surface area contributed by atoms with Gasteiger partial charge in [-0.3, -0.25) is 14.5 Å². The van der Waals surface area contributed by atoms with Crippen molar-refractivity contribution in [3.63, 3.8) is 0 Å². The normalized spacial score (nSPS) is 14.7. The average molecular weight is 471 g/mol. The minimum Gasteiger partial charge on any atom is -0.497 e. The molecule has 1 heterocycles. The van der Waals surface area contributed by atoms with Gasteiger partial charge in [-0.2, -0.15) is 0 Å². The van der Waals surface area contributed by atoms with Crippen LogP contribution in [0.15, 0.2) is 53.4 Å². The van der Waals surface area contributed by atoms with E-state index in [0.29, 0.717) is 27.9 Å². The number of nitrogens with zero attached hydrogens (tertiary/aromatic N) is 1. The fourth-order valence-corrected chi connectivity index (χ4v) is 4.51. The van der Waals surface area contributed by atoms with Crippen LogP contribution >= 0.6 is 24.0 Å². The summed E-state index contributed by atoms with van der Waals surface area (Å²) >= 11 is 6.72. The summed E-state index contributed by atoms with van der Waals surface area (Å²) in [7, 11) is 3.21. The lowest BCUT2D eigenvalue weighted by Gasteiger charge is -2.14. The standard InChI is InChI=1S/C24H26N2O4S2/c1-29-19-12-10-17(11-13-19)15-21-23(28)26(24(31)32-21)14-5-3-4-9-22(27)25-18-7-6-8-20(16-18)30-2/h6-8,10-13,15-16H,3-5,9,14H2,1-2H3,(H,25,27)/b21-15-. The van der Waals surface area contributed by atoms with Crippen molar-refractivity contribution in [2.24, 2.45) is 0 Å². The van der Waals surface area contributed by atoms with Gasteiger partial charge in [0.1, 0.15) is 15.8 Å². The lowest BCUT2D eigenvalue weighted by atomic mass is 10.1. The molecule has 1 saturated heterocycles. The molecule has 2 aromatic rings. The van der Waals surface area contributed by atoms with Crippen molar-refractivity contribution in [1.29, 1.82) is 0 Å². The molecular weight excluding hydrogens is 444 g/mol. The van der Waals surface area contributed by atoms with Crippen LogP contribution < -0.4 is 14.8 Å². The van der Waals surface area contributed by atoms with Gasteiger partial charge in [0.2, 0.25) is 5.91 Å². The molecule has 2 amide bonds. The molecule has 1 aliphatic rings. The first-order valence-corrected chi connectivity index (χ1v) is 11.6. The first-order valence-electron chi connectivity index (χ1n) is 10.3. The summed E-state index contributed by atoms with van der Waals surface area (Å²) in [6.45, 7) is 0.558. The van der Waals surface area contributed by atoms with Gasteiger partial charge in [-0.15, -0.1) is 0 Å². The van der Waals surface area contributed by atoms with E-state index in [9.17, 15) is 9.59 Å². The molecule has 8 heteroatoms. The smallest absolute Gasteiger partial charge is 0.266 e. The summed E-state index contributed by atoms with van der Waals surface area (Å²) in [5.41, 5.74) is 1.64. The molecule has 0 unspecified atom stereocenters. The molecule has 168 valence electrons. The van der Waals surface area contributed by atoms with E-state index in [2.05, 4.69) is 5.32 Å². The minimum absolute atomic E-state index is 0.0358. The number of nitrogens with one attached hydrogen (secondary N) is 1. The molecule has 0 aromatic heterocycles. The summed E-state index contributed by atoms with van der Waals surface area (Å²) < 4.78 is 10.9. The van der Waals surface area contributed by atoms with Crippen LogP contribution in [-0.4, -0.2) is 41.8 Å². The third-order valence-electron chi connectivity index (χ3n) is 4.93. The van der Waals surface area contributed by atoms with Gasteiger partial charge in [-0.25, -0.2) is 0 Å². The summed E-state index contributed by atoms with van der Waals surface area (Å²) in [5.74, 6) is 1.37. The maximum atomic E-state index is 12.7. The number of thiocarbonyl (C=S) groups is 1. The molecule has 1 fully saturated rings. The Bertz CT molecular complexity index is 1010. The quantitative estimate of drug-likeness (QED) is 0.296. The lowest BCUT2D eigenvalue weighted by molar-refractivity contribution is -0.122. The van der Waals surface area contributed by atoms with Crippen LogP contribution in [-0.2, 0) is 9.59 Å². The van der Waals surface area contributed by atoms with Crippen LogP contribution in [0.2, 0.25) is 0 Å². The molecule has 0 bridgehead atoms. The number of anilines is 1. The molecule has 2 aromatic carbocycles. The monoisotopic (exact) mass is 470 g/mol. The van der Waals surface area contributed by atoms with Crippen molar-refractivity contribution in [3.05, 3.63) is 59.0 Å². The largest absolute Gasteiger partial charge is 0.497 e. The number of hydrogen-bond acceptors (Lipinski definition) is 6. The van der Waals surface area contributed by atoms with Gasteiger partial charge in [0.15, 0.2) is 0 Å². The number of amides is 2. The van der Waals surface area contributed by atoms with Crippen molar-refractivity contribution in [2.45, 2.75) is 25.7 Å². The van der Waals surface area contributed by atoms with Crippen molar-refractivity contribution >= 4 is 51.9 Å². The zero-order valence-corrected chi connectivity index (χ0v) is 19.8. The van der Waals surface area contributed by atoms with E-state index in [4.69, 9.17) is 21.7 Å². The predicted octanol–water partition coefficient (Wildman–Crippen LogP) is 5.10. The van der Waals surface area contributed by atoms with Crippen LogP contribution in [0.5, 0.6) is 11.5 Å². The van der Waals surface area contributed by atoms with Crippen LogP contribution in [0.1, 0.15) is 31.2 Å². The second kappa shape index (κ2) is 11.7. The van der Waals surface area contributed by atoms with Gasteiger partial charge < -0.3 is 14.8 Å². The van der Waals surface area contributed by atoms with Gasteiger partial charge in [0.05, 0.1) is 19.1 Å². The van der Waals surface area contributed by atoms with E-state index in [-0.39, 0.29) is 11.8 Å². The Balaban J connectivity index is 1.41. The zero-order valence-electron chi connectivity index (χ0n) is 18.1. The fraction of sp³-hybridized carbons (Fsp3) is 0.292. The molecule has 3 rings (SSSR count). The number of thioether (sulfide) groups is 1. The van der Waals surface area contributed by atoms with Crippen LogP contribution in [0, 0.1) is 0 Å². The molecule has 0 spiro atoms. The third-order valence-corrected chi connectivity index (χ3v) is 6.30. The van der Waals surface area contributed by atoms with E-state index in [0.717, 1.165) is 36.3 Å². The molecule has 1 N–H and O–H groups in total. The van der Waals surface area contributed by atoms with Gasteiger partial charge in [-0.05, 0) is 48.7 Å². The highest BCUT2D eigenvalue weighted by Crippen LogP contribution is 2.33. The molecular formula is C24H26N2O4S2. The summed E-state index contributed by atoms with van der Waals surface area (Å²) in [6.07, 6.45) is 4.63. The Hall–Kier alpha value is -2.84. The Morgan fingerprint density at radius 1 is 1.06 bits per heavy atom. The molecule has 0 aliphatic carbocycles. The fourth-order valence-electron chi connectivity index (χ4n) is 3.20. The van der Waals surface area contributed by atoms with Gasteiger partial charge in [0, 0.05) is 24.7 Å². The topological polar surface area (TPSA) is 67.9 Å². The van der Waals surface area contributed by atoms with Gasteiger partial charge >= 0.3 is 0 Å². The molecule has 6 nitrogen and oxygen atoms in total. The summed E-state index contributed by atoms with van der Waals surface area (Å²) in [4.78, 5) is 27.1. The second-order valence-electron chi connectivity index (χ2n) is 7.20. The first-order chi connectivity index (χ1) is 15.5. The number of hydrogen-bond donors (Lipinski definition) is 1. The second-order valence-corrected chi connectivity index (χ2v) is 8.87. The Morgan fingerprint density at radius 2 is 1.81 bits per heavy atom. The van der Waals surface area contributed by atoms with Crippen molar-refractivity contribution < 1.29 is 19.1 Å². The van der Waals surface area contributed by atoms with Crippen LogP contribution in [0.4, 0.5) is 5.69 Å². The number of carbonyl (C=O) groups is 2. The van der Waals surface area contributed by atoms with Crippen molar-refractivity contribution in [1.82, 2.24) is 4.90 Å². The molecule has 32 heavy (non-hydrogen) atoms.